The van der Waals surface area contributed by atoms with E-state index in [0.29, 0.717) is 12.4 Å². The Hall–Kier alpha value is -3.73. The van der Waals surface area contributed by atoms with E-state index in [4.69, 9.17) is 14.2 Å². The standard InChI is InChI=1S/C24H22O5/c1-27-20-14-22(26)24(23(15-20)28-2)21(25)13-10-17-8-11-19(12-9-17)29-16-18-6-4-3-5-7-18/h3-15,26H,16H2,1-2H3. The molecule has 0 amide bonds. The Labute approximate surface area is 169 Å². The van der Waals surface area contributed by atoms with Crippen molar-refractivity contribution in [1.29, 1.82) is 0 Å². The van der Waals surface area contributed by atoms with Gasteiger partial charge in [-0.2, -0.15) is 0 Å². The molecule has 3 aromatic carbocycles. The van der Waals surface area contributed by atoms with Gasteiger partial charge in [-0.1, -0.05) is 48.5 Å². The van der Waals surface area contributed by atoms with Crippen molar-refractivity contribution in [3.63, 3.8) is 0 Å². The first-order valence-electron chi connectivity index (χ1n) is 9.05. The zero-order chi connectivity index (χ0) is 20.6. The second-order valence-corrected chi connectivity index (χ2v) is 6.26. The highest BCUT2D eigenvalue weighted by molar-refractivity contribution is 6.10. The number of ether oxygens (including phenoxy) is 3. The van der Waals surface area contributed by atoms with Crippen LogP contribution in [0.1, 0.15) is 21.5 Å². The van der Waals surface area contributed by atoms with Gasteiger partial charge in [0.25, 0.3) is 0 Å². The Morgan fingerprint density at radius 3 is 2.31 bits per heavy atom. The number of rotatable bonds is 8. The first kappa shape index (κ1) is 20.0. The molecule has 0 aromatic heterocycles. The van der Waals surface area contributed by atoms with Gasteiger partial charge in [-0.15, -0.1) is 0 Å². The van der Waals surface area contributed by atoms with Gasteiger partial charge < -0.3 is 19.3 Å². The number of methoxy groups -OCH3 is 2. The smallest absolute Gasteiger partial charge is 0.193 e. The van der Waals surface area contributed by atoms with E-state index in [0.717, 1.165) is 16.9 Å². The fraction of sp³-hybridized carbons (Fsp3) is 0.125. The highest BCUT2D eigenvalue weighted by Gasteiger charge is 2.17. The molecule has 0 saturated heterocycles. The highest BCUT2D eigenvalue weighted by atomic mass is 16.5. The molecule has 0 atom stereocenters. The Kier molecular flexibility index (Phi) is 6.53. The summed E-state index contributed by atoms with van der Waals surface area (Å²) < 4.78 is 16.0. The molecule has 0 spiro atoms. The van der Waals surface area contributed by atoms with Crippen LogP contribution in [0.2, 0.25) is 0 Å². The molecule has 0 aliphatic carbocycles. The molecule has 0 fully saturated rings. The van der Waals surface area contributed by atoms with Crippen LogP contribution in [-0.4, -0.2) is 25.1 Å². The number of phenols is 1. The maximum atomic E-state index is 12.6. The minimum Gasteiger partial charge on any atom is -0.507 e. The van der Waals surface area contributed by atoms with Gasteiger partial charge in [0.2, 0.25) is 0 Å². The Balaban J connectivity index is 1.67. The zero-order valence-electron chi connectivity index (χ0n) is 16.3. The number of aromatic hydroxyl groups is 1. The zero-order valence-corrected chi connectivity index (χ0v) is 16.3. The van der Waals surface area contributed by atoms with Crippen molar-refractivity contribution < 1.29 is 24.1 Å². The predicted octanol–water partition coefficient (Wildman–Crippen LogP) is 4.88. The summed E-state index contributed by atoms with van der Waals surface area (Å²) in [7, 11) is 2.91. The molecule has 29 heavy (non-hydrogen) atoms. The molecule has 0 unspecified atom stereocenters. The number of benzene rings is 3. The van der Waals surface area contributed by atoms with Crippen LogP contribution in [0.25, 0.3) is 6.08 Å². The molecule has 5 nitrogen and oxygen atoms in total. The Morgan fingerprint density at radius 2 is 1.66 bits per heavy atom. The fourth-order valence-electron chi connectivity index (χ4n) is 2.77. The molecule has 5 heteroatoms. The van der Waals surface area contributed by atoms with Crippen molar-refractivity contribution in [1.82, 2.24) is 0 Å². The van der Waals surface area contributed by atoms with Crippen molar-refractivity contribution in [3.05, 3.63) is 89.5 Å². The van der Waals surface area contributed by atoms with E-state index >= 15 is 0 Å². The summed E-state index contributed by atoms with van der Waals surface area (Å²) in [6.45, 7) is 0.491. The van der Waals surface area contributed by atoms with E-state index in [1.165, 1.54) is 26.4 Å². The average Bonchev–Trinajstić information content (AvgIpc) is 2.76. The van der Waals surface area contributed by atoms with Gasteiger partial charge in [-0.3, -0.25) is 4.79 Å². The molecule has 0 saturated carbocycles. The van der Waals surface area contributed by atoms with Crippen LogP contribution >= 0.6 is 0 Å². The molecule has 0 aliphatic heterocycles. The second-order valence-electron chi connectivity index (χ2n) is 6.26. The predicted molar refractivity (Wildman–Crippen MR) is 112 cm³/mol. The van der Waals surface area contributed by atoms with E-state index in [9.17, 15) is 9.90 Å². The van der Waals surface area contributed by atoms with Crippen LogP contribution in [0.5, 0.6) is 23.0 Å². The summed E-state index contributed by atoms with van der Waals surface area (Å²) in [5.41, 5.74) is 2.01. The lowest BCUT2D eigenvalue weighted by atomic mass is 10.1. The van der Waals surface area contributed by atoms with Crippen molar-refractivity contribution >= 4 is 11.9 Å². The monoisotopic (exact) mass is 390 g/mol. The fourth-order valence-corrected chi connectivity index (χ4v) is 2.77. The number of carbonyl (C=O) groups excluding carboxylic acids is 1. The van der Waals surface area contributed by atoms with Crippen molar-refractivity contribution in [3.8, 4) is 23.0 Å². The third kappa shape index (κ3) is 5.17. The molecule has 0 bridgehead atoms. The lowest BCUT2D eigenvalue weighted by Gasteiger charge is -2.10. The van der Waals surface area contributed by atoms with Crippen molar-refractivity contribution in [2.45, 2.75) is 6.61 Å². The van der Waals surface area contributed by atoms with E-state index in [2.05, 4.69) is 0 Å². The minimum atomic E-state index is -0.369. The average molecular weight is 390 g/mol. The third-order valence-corrected chi connectivity index (χ3v) is 4.31. The minimum absolute atomic E-state index is 0.0902. The molecular weight excluding hydrogens is 368 g/mol. The van der Waals surface area contributed by atoms with Gasteiger partial charge >= 0.3 is 0 Å². The van der Waals surface area contributed by atoms with Crippen LogP contribution in [0.3, 0.4) is 0 Å². The molecule has 3 aromatic rings. The molecular formula is C24H22O5. The van der Waals surface area contributed by atoms with E-state index in [-0.39, 0.29) is 22.8 Å². The quantitative estimate of drug-likeness (QED) is 0.438. The van der Waals surface area contributed by atoms with Gasteiger partial charge in [-0.25, -0.2) is 0 Å². The SMILES string of the molecule is COc1cc(O)c(C(=O)C=Cc2ccc(OCc3ccccc3)cc2)c(OC)c1. The van der Waals surface area contributed by atoms with Crippen molar-refractivity contribution in [2.75, 3.05) is 14.2 Å². The summed E-state index contributed by atoms with van der Waals surface area (Å²) >= 11 is 0. The van der Waals surface area contributed by atoms with E-state index in [1.54, 1.807) is 12.1 Å². The van der Waals surface area contributed by atoms with Crippen LogP contribution in [0, 0.1) is 0 Å². The lowest BCUT2D eigenvalue weighted by Crippen LogP contribution is -2.00. The number of carbonyl (C=O) groups is 1. The number of hydrogen-bond acceptors (Lipinski definition) is 5. The van der Waals surface area contributed by atoms with Crippen LogP contribution < -0.4 is 14.2 Å². The molecule has 0 aliphatic rings. The summed E-state index contributed by atoms with van der Waals surface area (Å²) in [6, 6.07) is 20.3. The Bertz CT molecular complexity index is 992. The van der Waals surface area contributed by atoms with Crippen LogP contribution in [-0.2, 0) is 6.61 Å². The van der Waals surface area contributed by atoms with Crippen molar-refractivity contribution in [2.24, 2.45) is 0 Å². The first-order chi connectivity index (χ1) is 14.1. The van der Waals surface area contributed by atoms with Gasteiger partial charge in [0.15, 0.2) is 5.78 Å². The third-order valence-electron chi connectivity index (χ3n) is 4.31. The molecule has 3 rings (SSSR count). The first-order valence-corrected chi connectivity index (χ1v) is 9.05. The Morgan fingerprint density at radius 1 is 0.931 bits per heavy atom. The number of hydrogen-bond donors (Lipinski definition) is 1. The summed E-state index contributed by atoms with van der Waals surface area (Å²) in [6.07, 6.45) is 3.07. The molecule has 148 valence electrons. The molecule has 0 heterocycles. The number of ketones is 1. The molecule has 0 radical (unpaired) electrons. The summed E-state index contributed by atoms with van der Waals surface area (Å²) in [4.78, 5) is 12.6. The van der Waals surface area contributed by atoms with Gasteiger partial charge in [0, 0.05) is 12.1 Å². The van der Waals surface area contributed by atoms with Crippen LogP contribution in [0.15, 0.2) is 72.8 Å². The van der Waals surface area contributed by atoms with Crippen LogP contribution in [0.4, 0.5) is 0 Å². The summed E-state index contributed by atoms with van der Waals surface area (Å²) in [5.74, 6) is 0.839. The summed E-state index contributed by atoms with van der Waals surface area (Å²) in [5, 5.41) is 10.2. The van der Waals surface area contributed by atoms with Gasteiger partial charge in [0.05, 0.1) is 14.2 Å². The van der Waals surface area contributed by atoms with Gasteiger partial charge in [0.1, 0.15) is 35.2 Å². The second kappa shape index (κ2) is 9.46. The number of phenolic OH excluding ortho intramolecular Hbond substituents is 1. The number of allylic oxidation sites excluding steroid dienone is 1. The highest BCUT2D eigenvalue weighted by Crippen LogP contribution is 2.33. The maximum Gasteiger partial charge on any atom is 0.193 e. The van der Waals surface area contributed by atoms with E-state index in [1.807, 2.05) is 54.6 Å². The normalized spacial score (nSPS) is 10.7. The largest absolute Gasteiger partial charge is 0.507 e. The van der Waals surface area contributed by atoms with E-state index < -0.39 is 0 Å². The topological polar surface area (TPSA) is 65.0 Å². The van der Waals surface area contributed by atoms with Gasteiger partial charge in [-0.05, 0) is 29.3 Å². The maximum absolute atomic E-state index is 12.6. The molecule has 1 N–H and O–H groups in total. The lowest BCUT2D eigenvalue weighted by molar-refractivity contribution is 0.104.